The summed E-state index contributed by atoms with van der Waals surface area (Å²) in [5.74, 6) is 0.567. The van der Waals surface area contributed by atoms with E-state index in [1.54, 1.807) is 0 Å². The van der Waals surface area contributed by atoms with Crippen LogP contribution in [0.25, 0.3) is 0 Å². The van der Waals surface area contributed by atoms with Crippen LogP contribution in [0, 0.1) is 33.5 Å². The van der Waals surface area contributed by atoms with E-state index in [9.17, 15) is 20.1 Å². The minimum Gasteiger partial charge on any atom is -0.395 e. The Bertz CT molecular complexity index is 1150. The number of aliphatic hydroxyl groups excluding tert-OH is 2. The molecule has 3 saturated carbocycles. The van der Waals surface area contributed by atoms with Gasteiger partial charge in [-0.05, 0) is 69.2 Å². The number of likely N-dealkylation sites (N-methyl/N-ethyl adjacent to an activating group) is 1. The normalized spacial score (nSPS) is 45.8. The standard InChI is InChI=1S/C32H43NO4/c1-28-12-9-23(35)19-30(28)15-16-32(24(20-30)27(36)22-7-5-4-6-8-22)25(28)10-13-29(2)26(32)11-14-31(29,37)21-33(3)17-18-34/h4-8,15-16,20,23,25-26,34-35,37H,9-14,17-19,21H2,1-3H3/t23?,25-,26-,28-,29+,30+,31-,32-/m1/s1. The molecule has 6 aliphatic carbocycles. The monoisotopic (exact) mass is 505 g/mol. The van der Waals surface area contributed by atoms with Crippen molar-refractivity contribution < 1.29 is 20.1 Å². The van der Waals surface area contributed by atoms with Crippen LogP contribution in [0.5, 0.6) is 0 Å². The van der Waals surface area contributed by atoms with E-state index in [0.717, 1.165) is 43.2 Å². The van der Waals surface area contributed by atoms with Gasteiger partial charge in [-0.1, -0.05) is 62.4 Å². The minimum absolute atomic E-state index is 0.0167. The van der Waals surface area contributed by atoms with Crippen molar-refractivity contribution in [3.8, 4) is 0 Å². The van der Waals surface area contributed by atoms with Crippen LogP contribution in [0.3, 0.4) is 0 Å². The maximum absolute atomic E-state index is 14.4. The lowest BCUT2D eigenvalue weighted by molar-refractivity contribution is -0.175. The first kappa shape index (κ1) is 25.5. The first-order chi connectivity index (χ1) is 17.6. The summed E-state index contributed by atoms with van der Waals surface area (Å²) in [6, 6.07) is 9.66. The Morgan fingerprint density at radius 3 is 2.41 bits per heavy atom. The Labute approximate surface area is 221 Å². The zero-order chi connectivity index (χ0) is 26.3. The molecular weight excluding hydrogens is 462 g/mol. The Morgan fingerprint density at radius 2 is 1.68 bits per heavy atom. The lowest BCUT2D eigenvalue weighted by Crippen LogP contribution is -2.67. The highest BCUT2D eigenvalue weighted by Crippen LogP contribution is 2.78. The minimum atomic E-state index is -0.869. The molecule has 7 rings (SSSR count). The number of hydrogen-bond donors (Lipinski definition) is 3. The maximum atomic E-state index is 14.4. The molecule has 0 aliphatic heterocycles. The van der Waals surface area contributed by atoms with Crippen LogP contribution in [0.2, 0.25) is 0 Å². The summed E-state index contributed by atoms with van der Waals surface area (Å²) in [6.45, 7) is 5.83. The summed E-state index contributed by atoms with van der Waals surface area (Å²) >= 11 is 0. The number of ketones is 1. The van der Waals surface area contributed by atoms with Crippen molar-refractivity contribution in [3.05, 3.63) is 59.7 Å². The molecule has 2 spiro atoms. The van der Waals surface area contributed by atoms with E-state index in [1.807, 2.05) is 37.4 Å². The summed E-state index contributed by atoms with van der Waals surface area (Å²) in [6.07, 6.45) is 12.6. The molecule has 6 aliphatic rings. The Kier molecular flexibility index (Phi) is 5.75. The van der Waals surface area contributed by atoms with Crippen LogP contribution in [-0.4, -0.2) is 64.5 Å². The first-order valence-electron chi connectivity index (χ1n) is 14.3. The van der Waals surface area contributed by atoms with Crippen molar-refractivity contribution in [1.82, 2.24) is 4.90 Å². The van der Waals surface area contributed by atoms with Gasteiger partial charge in [-0.3, -0.25) is 4.79 Å². The van der Waals surface area contributed by atoms with Crippen LogP contribution >= 0.6 is 0 Å². The highest BCUT2D eigenvalue weighted by atomic mass is 16.3. The molecule has 3 fully saturated rings. The SMILES string of the molecule is CN(CCO)C[C@]1(O)CC[C@H]2[C@]34C=C[C@@]5(C=C3C(=O)c3ccccc3)CC(O)CC[C@]5(C)[C@H]4CC[C@@]21C. The quantitative estimate of drug-likeness (QED) is 0.395. The van der Waals surface area contributed by atoms with Crippen LogP contribution < -0.4 is 0 Å². The summed E-state index contributed by atoms with van der Waals surface area (Å²) in [5.41, 5.74) is -0.319. The number of aliphatic hydroxyl groups is 3. The second-order valence-electron chi connectivity index (χ2n) is 13.5. The number of carbonyl (C=O) groups excluding carboxylic acids is 1. The zero-order valence-corrected chi connectivity index (χ0v) is 22.6. The highest BCUT2D eigenvalue weighted by Gasteiger charge is 2.74. The molecule has 0 saturated heterocycles. The van der Waals surface area contributed by atoms with Gasteiger partial charge in [0.2, 0.25) is 0 Å². The molecular formula is C32H43NO4. The van der Waals surface area contributed by atoms with E-state index < -0.39 is 11.0 Å². The molecule has 1 aromatic carbocycles. The maximum Gasteiger partial charge on any atom is 0.189 e. The number of hydrogen-bond acceptors (Lipinski definition) is 5. The average molecular weight is 506 g/mol. The van der Waals surface area contributed by atoms with Crippen LogP contribution in [0.15, 0.2) is 54.1 Å². The molecule has 3 N–H and O–H groups in total. The number of rotatable bonds is 6. The number of nitrogens with zero attached hydrogens (tertiary/aromatic N) is 1. The smallest absolute Gasteiger partial charge is 0.189 e. The Hall–Kier alpha value is -1.79. The summed E-state index contributed by atoms with van der Waals surface area (Å²) in [4.78, 5) is 16.4. The predicted molar refractivity (Wildman–Crippen MR) is 144 cm³/mol. The second-order valence-corrected chi connectivity index (χ2v) is 13.5. The molecule has 2 bridgehead atoms. The molecule has 5 nitrogen and oxygen atoms in total. The number of carbonyl (C=O) groups is 1. The second kappa shape index (κ2) is 8.35. The fourth-order valence-electron chi connectivity index (χ4n) is 10.0. The van der Waals surface area contributed by atoms with Crippen molar-refractivity contribution in [2.75, 3.05) is 26.7 Å². The molecule has 200 valence electrons. The van der Waals surface area contributed by atoms with E-state index in [0.29, 0.717) is 31.8 Å². The third-order valence-corrected chi connectivity index (χ3v) is 12.0. The van der Waals surface area contributed by atoms with E-state index in [-0.39, 0.29) is 40.7 Å². The summed E-state index contributed by atoms with van der Waals surface area (Å²) in [7, 11) is 1.98. The lowest BCUT2D eigenvalue weighted by atomic mass is 9.32. The van der Waals surface area contributed by atoms with Crippen LogP contribution in [-0.2, 0) is 0 Å². The van der Waals surface area contributed by atoms with E-state index >= 15 is 0 Å². The Morgan fingerprint density at radius 1 is 1.00 bits per heavy atom. The molecule has 5 heteroatoms. The molecule has 8 atom stereocenters. The van der Waals surface area contributed by atoms with E-state index in [4.69, 9.17) is 0 Å². The Balaban J connectivity index is 1.51. The highest BCUT2D eigenvalue weighted by molar-refractivity contribution is 6.10. The van der Waals surface area contributed by atoms with Crippen molar-refractivity contribution in [2.24, 2.45) is 33.5 Å². The summed E-state index contributed by atoms with van der Waals surface area (Å²) in [5, 5.41) is 32.5. The molecule has 1 unspecified atom stereocenters. The average Bonchev–Trinajstić information content (AvgIpc) is 3.14. The fraction of sp³-hybridized carbons (Fsp3) is 0.656. The third-order valence-electron chi connectivity index (χ3n) is 12.0. The number of Topliss-reactive ketones (excluding diaryl/α,β-unsaturated/α-hetero) is 1. The summed E-state index contributed by atoms with van der Waals surface area (Å²) < 4.78 is 0. The molecule has 1 aromatic rings. The van der Waals surface area contributed by atoms with Gasteiger partial charge in [-0.2, -0.15) is 0 Å². The molecule has 37 heavy (non-hydrogen) atoms. The van der Waals surface area contributed by atoms with Gasteiger partial charge in [0.1, 0.15) is 0 Å². The topological polar surface area (TPSA) is 81.0 Å². The van der Waals surface area contributed by atoms with Gasteiger partial charge < -0.3 is 20.2 Å². The van der Waals surface area contributed by atoms with Gasteiger partial charge in [0.05, 0.1) is 18.3 Å². The van der Waals surface area contributed by atoms with Crippen LogP contribution in [0.4, 0.5) is 0 Å². The van der Waals surface area contributed by atoms with Crippen molar-refractivity contribution in [3.63, 3.8) is 0 Å². The zero-order valence-electron chi connectivity index (χ0n) is 22.6. The van der Waals surface area contributed by atoms with E-state index in [1.165, 1.54) is 0 Å². The number of fused-ring (bicyclic) bond motifs is 1. The van der Waals surface area contributed by atoms with Gasteiger partial charge in [0.15, 0.2) is 5.78 Å². The van der Waals surface area contributed by atoms with Crippen molar-refractivity contribution in [2.45, 2.75) is 70.5 Å². The lowest BCUT2D eigenvalue weighted by Gasteiger charge is -2.71. The molecule has 0 amide bonds. The van der Waals surface area contributed by atoms with Crippen molar-refractivity contribution >= 4 is 5.78 Å². The van der Waals surface area contributed by atoms with Gasteiger partial charge in [-0.25, -0.2) is 0 Å². The van der Waals surface area contributed by atoms with Crippen molar-refractivity contribution in [1.29, 1.82) is 0 Å². The van der Waals surface area contributed by atoms with Gasteiger partial charge in [-0.15, -0.1) is 0 Å². The molecule has 0 radical (unpaired) electrons. The largest absolute Gasteiger partial charge is 0.395 e. The predicted octanol–water partition coefficient (Wildman–Crippen LogP) is 4.38. The number of allylic oxidation sites excluding steroid dienone is 4. The van der Waals surface area contributed by atoms with Crippen LogP contribution in [0.1, 0.15) is 69.2 Å². The van der Waals surface area contributed by atoms with E-state index in [2.05, 4.69) is 37.0 Å². The fourth-order valence-corrected chi connectivity index (χ4v) is 10.0. The first-order valence-corrected chi connectivity index (χ1v) is 14.3. The molecule has 0 aromatic heterocycles. The van der Waals surface area contributed by atoms with Gasteiger partial charge in [0, 0.05) is 40.5 Å². The number of benzene rings is 1. The molecule has 0 heterocycles. The van der Waals surface area contributed by atoms with Gasteiger partial charge >= 0.3 is 0 Å². The third kappa shape index (κ3) is 3.21. The van der Waals surface area contributed by atoms with Gasteiger partial charge in [0.25, 0.3) is 0 Å².